The molecule has 3 nitrogen and oxygen atoms in total. The molecule has 0 bridgehead atoms. The van der Waals surface area contributed by atoms with E-state index in [0.717, 1.165) is 37.8 Å². The molecule has 3 heteroatoms. The monoisotopic (exact) mass is 252 g/mol. The molecule has 2 fully saturated rings. The molecule has 2 N–H and O–H groups in total. The number of nitrogens with one attached hydrogen (secondary N) is 2. The summed E-state index contributed by atoms with van der Waals surface area (Å²) in [6.07, 6.45) is 7.60. The molecule has 0 aromatic heterocycles. The first-order chi connectivity index (χ1) is 8.68. The zero-order chi connectivity index (χ0) is 13.0. The van der Waals surface area contributed by atoms with Gasteiger partial charge in [0.25, 0.3) is 0 Å². The number of carbonyl (C=O) groups excluding carboxylic acids is 1. The van der Waals surface area contributed by atoms with Gasteiger partial charge in [0.2, 0.25) is 5.91 Å². The first-order valence-corrected chi connectivity index (χ1v) is 7.69. The van der Waals surface area contributed by atoms with Crippen LogP contribution in [0.2, 0.25) is 0 Å². The maximum absolute atomic E-state index is 11.5. The number of rotatable bonds is 6. The molecule has 2 rings (SSSR count). The van der Waals surface area contributed by atoms with Crippen LogP contribution in [0.1, 0.15) is 52.4 Å². The highest BCUT2D eigenvalue weighted by atomic mass is 16.2. The van der Waals surface area contributed by atoms with E-state index in [0.29, 0.717) is 12.0 Å². The fraction of sp³-hybridized carbons (Fsp3) is 0.933. The maximum Gasteiger partial charge on any atom is 0.223 e. The van der Waals surface area contributed by atoms with E-state index >= 15 is 0 Å². The SMILES string of the molecule is CC(C)C1CCCCC1NCCNC(=O)C1CC1. The summed E-state index contributed by atoms with van der Waals surface area (Å²) in [7, 11) is 0. The van der Waals surface area contributed by atoms with Gasteiger partial charge in [-0.3, -0.25) is 4.79 Å². The summed E-state index contributed by atoms with van der Waals surface area (Å²) in [5.74, 6) is 2.19. The number of hydrogen-bond donors (Lipinski definition) is 2. The van der Waals surface area contributed by atoms with Crippen molar-refractivity contribution < 1.29 is 4.79 Å². The highest BCUT2D eigenvalue weighted by Gasteiger charge is 2.29. The Hall–Kier alpha value is -0.570. The van der Waals surface area contributed by atoms with E-state index < -0.39 is 0 Å². The van der Waals surface area contributed by atoms with Crippen molar-refractivity contribution >= 4 is 5.91 Å². The van der Waals surface area contributed by atoms with Crippen molar-refractivity contribution in [2.75, 3.05) is 13.1 Å². The Morgan fingerprint density at radius 3 is 2.50 bits per heavy atom. The summed E-state index contributed by atoms with van der Waals surface area (Å²) >= 11 is 0. The van der Waals surface area contributed by atoms with Gasteiger partial charge in [0.1, 0.15) is 0 Å². The van der Waals surface area contributed by atoms with Crippen LogP contribution in [0.25, 0.3) is 0 Å². The minimum atomic E-state index is 0.265. The van der Waals surface area contributed by atoms with Crippen LogP contribution in [0.5, 0.6) is 0 Å². The molecule has 0 heterocycles. The molecule has 2 atom stereocenters. The summed E-state index contributed by atoms with van der Waals surface area (Å²) in [6.45, 7) is 6.38. The largest absolute Gasteiger partial charge is 0.355 e. The minimum Gasteiger partial charge on any atom is -0.355 e. The molecule has 0 aromatic carbocycles. The van der Waals surface area contributed by atoms with E-state index in [1.54, 1.807) is 0 Å². The van der Waals surface area contributed by atoms with Crippen LogP contribution in [0, 0.1) is 17.8 Å². The van der Waals surface area contributed by atoms with Crippen molar-refractivity contribution in [1.82, 2.24) is 10.6 Å². The summed E-state index contributed by atoms with van der Waals surface area (Å²) in [5, 5.41) is 6.68. The van der Waals surface area contributed by atoms with Gasteiger partial charge in [-0.05, 0) is 37.5 Å². The molecule has 0 saturated heterocycles. The Morgan fingerprint density at radius 1 is 1.11 bits per heavy atom. The fourth-order valence-corrected chi connectivity index (χ4v) is 3.14. The van der Waals surface area contributed by atoms with Crippen LogP contribution in [-0.4, -0.2) is 25.0 Å². The van der Waals surface area contributed by atoms with Crippen molar-refractivity contribution in [3.8, 4) is 0 Å². The molecular weight excluding hydrogens is 224 g/mol. The van der Waals surface area contributed by atoms with Gasteiger partial charge in [-0.1, -0.05) is 26.7 Å². The van der Waals surface area contributed by atoms with Gasteiger partial charge < -0.3 is 10.6 Å². The van der Waals surface area contributed by atoms with Gasteiger partial charge in [0.15, 0.2) is 0 Å². The maximum atomic E-state index is 11.5. The van der Waals surface area contributed by atoms with Crippen molar-refractivity contribution in [2.45, 2.75) is 58.4 Å². The number of carbonyl (C=O) groups is 1. The van der Waals surface area contributed by atoms with Gasteiger partial charge in [0.05, 0.1) is 0 Å². The third-order valence-corrected chi connectivity index (χ3v) is 4.45. The van der Waals surface area contributed by atoms with Gasteiger partial charge in [-0.2, -0.15) is 0 Å². The summed E-state index contributed by atoms with van der Waals surface area (Å²) in [4.78, 5) is 11.5. The van der Waals surface area contributed by atoms with E-state index in [1.807, 2.05) is 0 Å². The summed E-state index contributed by atoms with van der Waals surface area (Å²) < 4.78 is 0. The predicted molar refractivity (Wildman–Crippen MR) is 74.3 cm³/mol. The van der Waals surface area contributed by atoms with Crippen LogP contribution in [0.15, 0.2) is 0 Å². The lowest BCUT2D eigenvalue weighted by Gasteiger charge is -2.35. The van der Waals surface area contributed by atoms with E-state index in [4.69, 9.17) is 0 Å². The van der Waals surface area contributed by atoms with Crippen LogP contribution in [-0.2, 0) is 4.79 Å². The highest BCUT2D eigenvalue weighted by molar-refractivity contribution is 5.80. The molecular formula is C15H28N2O. The van der Waals surface area contributed by atoms with Crippen LogP contribution < -0.4 is 10.6 Å². The average Bonchev–Trinajstić information content (AvgIpc) is 3.19. The third-order valence-electron chi connectivity index (χ3n) is 4.45. The Balaban J connectivity index is 1.63. The van der Waals surface area contributed by atoms with Crippen LogP contribution in [0.4, 0.5) is 0 Å². The molecule has 0 aromatic rings. The third kappa shape index (κ3) is 3.98. The zero-order valence-corrected chi connectivity index (χ0v) is 11.9. The van der Waals surface area contributed by atoms with Crippen LogP contribution >= 0.6 is 0 Å². The van der Waals surface area contributed by atoms with E-state index in [9.17, 15) is 4.79 Å². The molecule has 2 unspecified atom stereocenters. The van der Waals surface area contributed by atoms with Crippen molar-refractivity contribution in [3.63, 3.8) is 0 Å². The van der Waals surface area contributed by atoms with Crippen molar-refractivity contribution in [1.29, 1.82) is 0 Å². The van der Waals surface area contributed by atoms with Gasteiger partial charge in [-0.15, -0.1) is 0 Å². The molecule has 104 valence electrons. The minimum absolute atomic E-state index is 0.265. The quantitative estimate of drug-likeness (QED) is 0.712. The normalized spacial score (nSPS) is 28.4. The summed E-state index contributed by atoms with van der Waals surface area (Å²) in [5.41, 5.74) is 0. The highest BCUT2D eigenvalue weighted by Crippen LogP contribution is 2.30. The first kappa shape index (κ1) is 13.9. The topological polar surface area (TPSA) is 41.1 Å². The molecule has 0 radical (unpaired) electrons. The second-order valence-corrected chi connectivity index (χ2v) is 6.32. The first-order valence-electron chi connectivity index (χ1n) is 7.69. The molecule has 0 spiro atoms. The Bertz CT molecular complexity index is 274. The van der Waals surface area contributed by atoms with Crippen LogP contribution in [0.3, 0.4) is 0 Å². The zero-order valence-electron chi connectivity index (χ0n) is 11.9. The van der Waals surface area contributed by atoms with Crippen molar-refractivity contribution in [3.05, 3.63) is 0 Å². The molecule has 0 aliphatic heterocycles. The van der Waals surface area contributed by atoms with E-state index in [-0.39, 0.29) is 5.91 Å². The van der Waals surface area contributed by atoms with E-state index in [2.05, 4.69) is 24.5 Å². The van der Waals surface area contributed by atoms with Gasteiger partial charge in [0, 0.05) is 25.0 Å². The Labute approximate surface area is 111 Å². The Kier molecular flexibility index (Phi) is 5.04. The fourth-order valence-electron chi connectivity index (χ4n) is 3.14. The van der Waals surface area contributed by atoms with Gasteiger partial charge in [-0.25, -0.2) is 0 Å². The average molecular weight is 252 g/mol. The summed E-state index contributed by atoms with van der Waals surface area (Å²) in [6, 6.07) is 0.663. The number of amides is 1. The smallest absolute Gasteiger partial charge is 0.223 e. The Morgan fingerprint density at radius 2 is 1.83 bits per heavy atom. The molecule has 2 saturated carbocycles. The second kappa shape index (κ2) is 6.55. The van der Waals surface area contributed by atoms with E-state index in [1.165, 1.54) is 25.7 Å². The van der Waals surface area contributed by atoms with Gasteiger partial charge >= 0.3 is 0 Å². The van der Waals surface area contributed by atoms with Crippen molar-refractivity contribution in [2.24, 2.45) is 17.8 Å². The number of hydrogen-bond acceptors (Lipinski definition) is 2. The molecule has 1 amide bonds. The molecule has 2 aliphatic rings. The second-order valence-electron chi connectivity index (χ2n) is 6.32. The lowest BCUT2D eigenvalue weighted by molar-refractivity contribution is -0.122. The molecule has 18 heavy (non-hydrogen) atoms. The lowest BCUT2D eigenvalue weighted by atomic mass is 9.78. The predicted octanol–water partition coefficient (Wildman–Crippen LogP) is 2.32. The molecule has 2 aliphatic carbocycles. The lowest BCUT2D eigenvalue weighted by Crippen LogP contribution is -2.44. The standard InChI is InChI=1S/C15H28N2O/c1-11(2)13-5-3-4-6-14(13)16-9-10-17-15(18)12-7-8-12/h11-14,16H,3-10H2,1-2H3,(H,17,18).